The van der Waals surface area contributed by atoms with Crippen molar-refractivity contribution in [3.05, 3.63) is 29.8 Å². The maximum atomic E-state index is 12.2. The quantitative estimate of drug-likeness (QED) is 0.608. The zero-order chi connectivity index (χ0) is 15.6. The second-order valence-electron chi connectivity index (χ2n) is 5.20. The van der Waals surface area contributed by atoms with E-state index >= 15 is 0 Å². The maximum Gasteiger partial charge on any atom is 0.323 e. The molecule has 21 heavy (non-hydrogen) atoms. The van der Waals surface area contributed by atoms with Gasteiger partial charge in [0.1, 0.15) is 6.04 Å². The number of esters is 1. The number of methoxy groups -OCH3 is 1. The predicted octanol–water partition coefficient (Wildman–Crippen LogP) is 0.946. The molecule has 116 valence electrons. The number of carbonyl (C=O) groups is 1. The number of hydrogen-bond donors (Lipinski definition) is 0. The van der Waals surface area contributed by atoms with E-state index in [1.54, 1.807) is 24.1 Å². The summed E-state index contributed by atoms with van der Waals surface area (Å²) in [5, 5.41) is 0. The number of aryl methyl sites for hydroxylation is 1. The van der Waals surface area contributed by atoms with Gasteiger partial charge in [-0.1, -0.05) is 17.7 Å². The third-order valence-corrected chi connectivity index (χ3v) is 4.93. The van der Waals surface area contributed by atoms with Gasteiger partial charge in [0.2, 0.25) is 0 Å². The zero-order valence-electron chi connectivity index (χ0n) is 12.3. The van der Waals surface area contributed by atoms with Gasteiger partial charge in [-0.3, -0.25) is 13.9 Å². The van der Waals surface area contributed by atoms with Crippen LogP contribution in [0.1, 0.15) is 12.0 Å². The highest BCUT2D eigenvalue weighted by molar-refractivity contribution is 7.86. The van der Waals surface area contributed by atoms with E-state index in [0.717, 1.165) is 5.56 Å². The van der Waals surface area contributed by atoms with Gasteiger partial charge in [-0.25, -0.2) is 0 Å². The molecular formula is C14H19NO5S. The van der Waals surface area contributed by atoms with E-state index in [2.05, 4.69) is 0 Å². The number of ether oxygens (including phenoxy) is 1. The molecule has 1 fully saturated rings. The fourth-order valence-corrected chi connectivity index (χ4v) is 3.45. The predicted molar refractivity (Wildman–Crippen MR) is 76.3 cm³/mol. The van der Waals surface area contributed by atoms with E-state index < -0.39 is 22.3 Å². The fraction of sp³-hybridized carbons (Fsp3) is 0.500. The number of hydrogen-bond acceptors (Lipinski definition) is 6. The molecule has 0 aromatic heterocycles. The van der Waals surface area contributed by atoms with Crippen LogP contribution in [0.2, 0.25) is 0 Å². The first-order valence-electron chi connectivity index (χ1n) is 6.61. The third-order valence-electron chi connectivity index (χ3n) is 3.56. The maximum absolute atomic E-state index is 12.2. The van der Waals surface area contributed by atoms with Gasteiger partial charge >= 0.3 is 5.97 Å². The Morgan fingerprint density at radius 1 is 1.29 bits per heavy atom. The molecule has 2 atom stereocenters. The van der Waals surface area contributed by atoms with Gasteiger partial charge in [0.05, 0.1) is 18.1 Å². The summed E-state index contributed by atoms with van der Waals surface area (Å²) in [6.07, 6.45) is -0.251. The van der Waals surface area contributed by atoms with Crippen LogP contribution in [0.5, 0.6) is 0 Å². The molecule has 1 heterocycles. The Bertz CT molecular complexity index is 611. The van der Waals surface area contributed by atoms with Crippen molar-refractivity contribution in [3.63, 3.8) is 0 Å². The van der Waals surface area contributed by atoms with Crippen LogP contribution in [0.4, 0.5) is 0 Å². The molecule has 0 amide bonds. The van der Waals surface area contributed by atoms with Crippen LogP contribution < -0.4 is 0 Å². The van der Waals surface area contributed by atoms with Gasteiger partial charge < -0.3 is 4.74 Å². The van der Waals surface area contributed by atoms with Crippen LogP contribution in [0.3, 0.4) is 0 Å². The van der Waals surface area contributed by atoms with Crippen LogP contribution in [-0.2, 0) is 23.8 Å². The van der Waals surface area contributed by atoms with Crippen molar-refractivity contribution in [1.82, 2.24) is 4.90 Å². The molecule has 0 N–H and O–H groups in total. The van der Waals surface area contributed by atoms with E-state index in [9.17, 15) is 13.2 Å². The average Bonchev–Trinajstić information content (AvgIpc) is 2.78. The van der Waals surface area contributed by atoms with Gasteiger partial charge in [-0.2, -0.15) is 8.42 Å². The SMILES string of the molecule is COC(=O)[C@@H]1C[C@@H](OS(=O)(=O)c2ccc(C)cc2)CN1C. The molecule has 6 nitrogen and oxygen atoms in total. The summed E-state index contributed by atoms with van der Waals surface area (Å²) in [6.45, 7) is 2.25. The first kappa shape index (κ1) is 15.9. The van der Waals surface area contributed by atoms with Gasteiger partial charge in [0.25, 0.3) is 10.1 Å². The van der Waals surface area contributed by atoms with E-state index in [0.29, 0.717) is 13.0 Å². The van der Waals surface area contributed by atoms with E-state index in [1.165, 1.54) is 19.2 Å². The minimum absolute atomic E-state index is 0.122. The van der Waals surface area contributed by atoms with Crippen molar-refractivity contribution >= 4 is 16.1 Å². The molecule has 1 aromatic rings. The summed E-state index contributed by atoms with van der Waals surface area (Å²) >= 11 is 0. The van der Waals surface area contributed by atoms with Crippen LogP contribution >= 0.6 is 0 Å². The Balaban J connectivity index is 2.08. The van der Waals surface area contributed by atoms with Crippen LogP contribution in [-0.4, -0.2) is 52.1 Å². The number of carbonyl (C=O) groups excluding carboxylic acids is 1. The lowest BCUT2D eigenvalue weighted by Crippen LogP contribution is -2.33. The summed E-state index contributed by atoms with van der Waals surface area (Å²) in [7, 11) is -0.766. The summed E-state index contributed by atoms with van der Waals surface area (Å²) in [5.41, 5.74) is 0.973. The molecule has 1 aromatic carbocycles. The highest BCUT2D eigenvalue weighted by Gasteiger charge is 2.38. The Kier molecular flexibility index (Phi) is 4.65. The molecule has 0 spiro atoms. The monoisotopic (exact) mass is 313 g/mol. The highest BCUT2D eigenvalue weighted by Crippen LogP contribution is 2.24. The standard InChI is InChI=1S/C14H19NO5S/c1-10-4-6-12(7-5-10)21(17,18)20-11-8-13(14(16)19-3)15(2)9-11/h4-7,11,13H,8-9H2,1-3H3/t11-,13+/m1/s1. The van der Waals surface area contributed by atoms with Crippen molar-refractivity contribution in [3.8, 4) is 0 Å². The first-order chi connectivity index (χ1) is 9.83. The molecule has 1 saturated heterocycles. The smallest absolute Gasteiger partial charge is 0.323 e. The topological polar surface area (TPSA) is 72.9 Å². The van der Waals surface area contributed by atoms with Crippen LogP contribution in [0.15, 0.2) is 29.2 Å². The molecular weight excluding hydrogens is 294 g/mol. The second-order valence-corrected chi connectivity index (χ2v) is 6.77. The largest absolute Gasteiger partial charge is 0.468 e. The molecule has 2 rings (SSSR count). The second kappa shape index (κ2) is 6.13. The van der Waals surface area contributed by atoms with Gasteiger partial charge in [-0.15, -0.1) is 0 Å². The van der Waals surface area contributed by atoms with E-state index in [4.69, 9.17) is 8.92 Å². The molecule has 1 aliphatic heterocycles. The van der Waals surface area contributed by atoms with Gasteiger partial charge in [0.15, 0.2) is 0 Å². The highest BCUT2D eigenvalue weighted by atomic mass is 32.2. The third kappa shape index (κ3) is 3.61. The first-order valence-corrected chi connectivity index (χ1v) is 8.02. The molecule has 0 radical (unpaired) electrons. The number of likely N-dealkylation sites (tertiary alicyclic amines) is 1. The Morgan fingerprint density at radius 2 is 1.90 bits per heavy atom. The average molecular weight is 313 g/mol. The molecule has 0 aliphatic carbocycles. The van der Waals surface area contributed by atoms with Crippen molar-refractivity contribution in [2.75, 3.05) is 20.7 Å². The summed E-state index contributed by atoms with van der Waals surface area (Å²) in [4.78, 5) is 13.4. The Morgan fingerprint density at radius 3 is 2.48 bits per heavy atom. The normalized spacial score (nSPS) is 23.2. The fourth-order valence-electron chi connectivity index (χ4n) is 2.37. The van der Waals surface area contributed by atoms with E-state index in [-0.39, 0.29) is 10.9 Å². The zero-order valence-corrected chi connectivity index (χ0v) is 13.1. The Labute approximate surface area is 124 Å². The number of rotatable bonds is 4. The number of nitrogens with zero attached hydrogens (tertiary/aromatic N) is 1. The molecule has 1 aliphatic rings. The minimum Gasteiger partial charge on any atom is -0.468 e. The number of benzene rings is 1. The van der Waals surface area contributed by atoms with E-state index in [1.807, 2.05) is 6.92 Å². The minimum atomic E-state index is -3.82. The number of likely N-dealkylation sites (N-methyl/N-ethyl adjacent to an activating group) is 1. The van der Waals surface area contributed by atoms with Crippen molar-refractivity contribution < 1.29 is 22.1 Å². The molecule has 7 heteroatoms. The summed E-state index contributed by atoms with van der Waals surface area (Å²) in [5.74, 6) is -0.378. The molecule has 0 bridgehead atoms. The molecule has 0 unspecified atom stereocenters. The van der Waals surface area contributed by atoms with Crippen molar-refractivity contribution in [2.24, 2.45) is 0 Å². The van der Waals surface area contributed by atoms with Crippen LogP contribution in [0, 0.1) is 6.92 Å². The lowest BCUT2D eigenvalue weighted by molar-refractivity contribution is -0.145. The summed E-state index contributed by atoms with van der Waals surface area (Å²) in [6, 6.07) is 6.00. The lowest BCUT2D eigenvalue weighted by atomic mass is 10.2. The van der Waals surface area contributed by atoms with Crippen molar-refractivity contribution in [2.45, 2.75) is 30.4 Å². The van der Waals surface area contributed by atoms with Gasteiger partial charge in [-0.05, 0) is 26.1 Å². The van der Waals surface area contributed by atoms with Crippen LogP contribution in [0.25, 0.3) is 0 Å². The Hall–Kier alpha value is -1.44. The molecule has 0 saturated carbocycles. The van der Waals surface area contributed by atoms with Crippen molar-refractivity contribution in [1.29, 1.82) is 0 Å². The lowest BCUT2D eigenvalue weighted by Gasteiger charge is -2.15. The summed E-state index contributed by atoms with van der Waals surface area (Å²) < 4.78 is 34.3. The van der Waals surface area contributed by atoms with Gasteiger partial charge in [0, 0.05) is 13.0 Å².